The summed E-state index contributed by atoms with van der Waals surface area (Å²) in [5.74, 6) is 1.36. The number of aliphatic imine (C=N–C) groups is 1. The second-order valence-corrected chi connectivity index (χ2v) is 6.59. The Morgan fingerprint density at radius 1 is 1.35 bits per heavy atom. The molecular weight excluding hydrogens is 398 g/mol. The van der Waals surface area contributed by atoms with Crippen molar-refractivity contribution < 1.29 is 4.79 Å². The zero-order valence-corrected chi connectivity index (χ0v) is 16.8. The third-order valence-electron chi connectivity index (χ3n) is 3.65. The average Bonchev–Trinajstić information content (AvgIpc) is 3.01. The SMILES string of the molecule is CCNC(=NCc1ncnn1C)NCCC(=O)Nc1cc(Br)ccc1C. The summed E-state index contributed by atoms with van der Waals surface area (Å²) < 4.78 is 2.61. The third-order valence-corrected chi connectivity index (χ3v) is 4.14. The number of aromatic nitrogens is 3. The maximum absolute atomic E-state index is 12.2. The van der Waals surface area contributed by atoms with E-state index in [1.165, 1.54) is 6.33 Å². The van der Waals surface area contributed by atoms with Crippen molar-refractivity contribution in [2.45, 2.75) is 26.8 Å². The standard InChI is InChI=1S/C17H24BrN7O/c1-4-19-17(21-10-15-22-11-23-25(15)3)20-8-7-16(26)24-14-9-13(18)6-5-12(14)2/h5-6,9,11H,4,7-8,10H2,1-3H3,(H,24,26)(H2,19,20,21). The number of hydrogen-bond acceptors (Lipinski definition) is 4. The van der Waals surface area contributed by atoms with E-state index >= 15 is 0 Å². The monoisotopic (exact) mass is 421 g/mol. The molecule has 3 N–H and O–H groups in total. The number of nitrogens with zero attached hydrogens (tertiary/aromatic N) is 4. The van der Waals surface area contributed by atoms with Crippen LogP contribution in [0.25, 0.3) is 0 Å². The molecule has 140 valence electrons. The molecule has 9 heteroatoms. The highest BCUT2D eigenvalue weighted by Crippen LogP contribution is 2.20. The van der Waals surface area contributed by atoms with Gasteiger partial charge in [-0.05, 0) is 31.5 Å². The van der Waals surface area contributed by atoms with Crippen molar-refractivity contribution in [2.24, 2.45) is 12.0 Å². The van der Waals surface area contributed by atoms with Crippen LogP contribution < -0.4 is 16.0 Å². The molecule has 1 aromatic heterocycles. The van der Waals surface area contributed by atoms with E-state index in [2.05, 4.69) is 47.0 Å². The number of guanidine groups is 1. The molecule has 1 aromatic carbocycles. The molecule has 1 amide bonds. The second kappa shape index (κ2) is 9.91. The molecule has 0 aliphatic heterocycles. The van der Waals surface area contributed by atoms with Gasteiger partial charge in [0.15, 0.2) is 5.96 Å². The average molecular weight is 422 g/mol. The molecule has 0 spiro atoms. The van der Waals surface area contributed by atoms with Crippen LogP contribution in [0.1, 0.15) is 24.7 Å². The zero-order chi connectivity index (χ0) is 18.9. The smallest absolute Gasteiger partial charge is 0.226 e. The molecule has 26 heavy (non-hydrogen) atoms. The normalized spacial score (nSPS) is 11.3. The fourth-order valence-electron chi connectivity index (χ4n) is 2.19. The fraction of sp³-hybridized carbons (Fsp3) is 0.412. The van der Waals surface area contributed by atoms with E-state index in [1.807, 2.05) is 39.1 Å². The van der Waals surface area contributed by atoms with Crippen molar-refractivity contribution in [1.29, 1.82) is 0 Å². The number of hydrogen-bond donors (Lipinski definition) is 3. The molecule has 0 radical (unpaired) electrons. The van der Waals surface area contributed by atoms with Crippen LogP contribution in [0.15, 0.2) is 34.0 Å². The van der Waals surface area contributed by atoms with Gasteiger partial charge in [0.2, 0.25) is 5.91 Å². The Hall–Kier alpha value is -2.42. The topological polar surface area (TPSA) is 96.2 Å². The Balaban J connectivity index is 1.84. The first-order valence-electron chi connectivity index (χ1n) is 8.40. The first-order valence-corrected chi connectivity index (χ1v) is 9.20. The van der Waals surface area contributed by atoms with Crippen LogP contribution in [-0.4, -0.2) is 39.7 Å². The van der Waals surface area contributed by atoms with E-state index in [1.54, 1.807) is 4.68 Å². The minimum absolute atomic E-state index is 0.0529. The first-order chi connectivity index (χ1) is 12.5. The highest BCUT2D eigenvalue weighted by atomic mass is 79.9. The quantitative estimate of drug-likeness (QED) is 0.469. The van der Waals surface area contributed by atoms with Crippen molar-refractivity contribution in [3.63, 3.8) is 0 Å². The number of carbonyl (C=O) groups is 1. The molecule has 2 rings (SSSR count). The van der Waals surface area contributed by atoms with Crippen LogP contribution in [-0.2, 0) is 18.4 Å². The van der Waals surface area contributed by atoms with E-state index in [-0.39, 0.29) is 5.91 Å². The van der Waals surface area contributed by atoms with Gasteiger partial charge in [0.1, 0.15) is 18.7 Å². The first kappa shape index (κ1) is 19.9. The molecule has 1 heterocycles. The summed E-state index contributed by atoms with van der Waals surface area (Å²) in [6.07, 6.45) is 1.83. The number of aryl methyl sites for hydroxylation is 2. The lowest BCUT2D eigenvalue weighted by Crippen LogP contribution is -2.38. The molecule has 0 saturated carbocycles. The van der Waals surface area contributed by atoms with Gasteiger partial charge < -0.3 is 16.0 Å². The molecule has 0 aliphatic carbocycles. The molecule has 0 unspecified atom stereocenters. The zero-order valence-electron chi connectivity index (χ0n) is 15.2. The summed E-state index contributed by atoms with van der Waals surface area (Å²) in [6.45, 7) is 5.57. The second-order valence-electron chi connectivity index (χ2n) is 5.68. The van der Waals surface area contributed by atoms with Crippen molar-refractivity contribution in [2.75, 3.05) is 18.4 Å². The van der Waals surface area contributed by atoms with Gasteiger partial charge in [0.25, 0.3) is 0 Å². The van der Waals surface area contributed by atoms with E-state index in [9.17, 15) is 4.79 Å². The number of rotatable bonds is 7. The van der Waals surface area contributed by atoms with Crippen LogP contribution >= 0.6 is 15.9 Å². The Morgan fingerprint density at radius 2 is 2.15 bits per heavy atom. The predicted octanol–water partition coefficient (Wildman–Crippen LogP) is 1.97. The van der Waals surface area contributed by atoms with Gasteiger partial charge in [-0.2, -0.15) is 5.10 Å². The molecule has 0 bridgehead atoms. The van der Waals surface area contributed by atoms with Crippen LogP contribution in [0.5, 0.6) is 0 Å². The highest BCUT2D eigenvalue weighted by Gasteiger charge is 2.07. The third kappa shape index (κ3) is 6.14. The fourth-order valence-corrected chi connectivity index (χ4v) is 2.55. The van der Waals surface area contributed by atoms with E-state index < -0.39 is 0 Å². The molecule has 0 atom stereocenters. The summed E-state index contributed by atoms with van der Waals surface area (Å²) in [5, 5.41) is 13.3. The summed E-state index contributed by atoms with van der Waals surface area (Å²) in [4.78, 5) is 20.8. The van der Waals surface area contributed by atoms with Gasteiger partial charge in [0.05, 0.1) is 0 Å². The molecule has 0 saturated heterocycles. The maximum Gasteiger partial charge on any atom is 0.226 e. The number of amides is 1. The van der Waals surface area contributed by atoms with Crippen molar-refractivity contribution in [3.05, 3.63) is 40.4 Å². The lowest BCUT2D eigenvalue weighted by Gasteiger charge is -2.12. The van der Waals surface area contributed by atoms with Crippen LogP contribution in [0, 0.1) is 6.92 Å². The van der Waals surface area contributed by atoms with E-state index in [0.29, 0.717) is 25.5 Å². The van der Waals surface area contributed by atoms with Crippen LogP contribution in [0.3, 0.4) is 0 Å². The molecule has 8 nitrogen and oxygen atoms in total. The van der Waals surface area contributed by atoms with E-state index in [0.717, 1.165) is 28.1 Å². The summed E-state index contributed by atoms with van der Waals surface area (Å²) in [5.41, 5.74) is 1.83. The largest absolute Gasteiger partial charge is 0.357 e. The number of benzene rings is 1. The predicted molar refractivity (Wildman–Crippen MR) is 106 cm³/mol. The summed E-state index contributed by atoms with van der Waals surface area (Å²) >= 11 is 3.41. The Bertz CT molecular complexity index is 772. The molecule has 0 fully saturated rings. The van der Waals surface area contributed by atoms with Gasteiger partial charge in [-0.15, -0.1) is 0 Å². The van der Waals surface area contributed by atoms with E-state index in [4.69, 9.17) is 0 Å². The molecule has 2 aromatic rings. The minimum atomic E-state index is -0.0529. The molecule has 0 aliphatic rings. The Kier molecular flexibility index (Phi) is 7.58. The Morgan fingerprint density at radius 3 is 2.85 bits per heavy atom. The van der Waals surface area contributed by atoms with Crippen LogP contribution in [0.2, 0.25) is 0 Å². The Labute approximate surface area is 161 Å². The number of nitrogens with one attached hydrogen (secondary N) is 3. The maximum atomic E-state index is 12.2. The summed E-state index contributed by atoms with van der Waals surface area (Å²) in [6, 6.07) is 5.80. The van der Waals surface area contributed by atoms with Crippen molar-refractivity contribution in [3.8, 4) is 0 Å². The van der Waals surface area contributed by atoms with Gasteiger partial charge >= 0.3 is 0 Å². The highest BCUT2D eigenvalue weighted by molar-refractivity contribution is 9.10. The minimum Gasteiger partial charge on any atom is -0.357 e. The van der Waals surface area contributed by atoms with Crippen molar-refractivity contribution >= 4 is 33.5 Å². The van der Waals surface area contributed by atoms with Gasteiger partial charge in [-0.3, -0.25) is 9.48 Å². The summed E-state index contributed by atoms with van der Waals surface area (Å²) in [7, 11) is 1.83. The lowest BCUT2D eigenvalue weighted by atomic mass is 10.2. The van der Waals surface area contributed by atoms with Crippen molar-refractivity contribution in [1.82, 2.24) is 25.4 Å². The van der Waals surface area contributed by atoms with Gasteiger partial charge in [0, 0.05) is 36.7 Å². The van der Waals surface area contributed by atoms with Gasteiger partial charge in [-0.25, -0.2) is 9.98 Å². The number of halogens is 1. The number of carbonyl (C=O) groups excluding carboxylic acids is 1. The van der Waals surface area contributed by atoms with Gasteiger partial charge in [-0.1, -0.05) is 22.0 Å². The lowest BCUT2D eigenvalue weighted by molar-refractivity contribution is -0.116. The number of anilines is 1. The van der Waals surface area contributed by atoms with Crippen LogP contribution in [0.4, 0.5) is 5.69 Å². The molecular formula is C17H24BrN7O.